The third-order valence-electron chi connectivity index (χ3n) is 6.80. The van der Waals surface area contributed by atoms with E-state index >= 15 is 0 Å². The molecule has 0 aromatic heterocycles. The molecule has 0 saturated heterocycles. The van der Waals surface area contributed by atoms with E-state index in [4.69, 9.17) is 14.2 Å². The zero-order valence-electron chi connectivity index (χ0n) is 23.3. The van der Waals surface area contributed by atoms with E-state index in [1.54, 1.807) is 7.11 Å². The molecule has 0 spiro atoms. The summed E-state index contributed by atoms with van der Waals surface area (Å²) < 4.78 is 18.1. The van der Waals surface area contributed by atoms with E-state index in [-0.39, 0.29) is 0 Å². The second-order valence-electron chi connectivity index (χ2n) is 10.1. The molecule has 0 fully saturated rings. The van der Waals surface area contributed by atoms with Crippen LogP contribution in [0.4, 0.5) is 0 Å². The highest BCUT2D eigenvalue weighted by atomic mass is 16.5. The molecule has 0 aliphatic heterocycles. The first kappa shape index (κ1) is 26.2. The van der Waals surface area contributed by atoms with Crippen molar-refractivity contribution < 1.29 is 19.3 Å². The van der Waals surface area contributed by atoms with Crippen molar-refractivity contribution in [3.63, 3.8) is 0 Å². The molecule has 0 unspecified atom stereocenters. The number of ether oxygens (including phenoxy) is 3. The molecule has 0 amide bonds. The van der Waals surface area contributed by atoms with Gasteiger partial charge in [0.2, 0.25) is 0 Å². The van der Waals surface area contributed by atoms with Crippen LogP contribution in [0.2, 0.25) is 0 Å². The summed E-state index contributed by atoms with van der Waals surface area (Å²) >= 11 is 0. The molecule has 4 aromatic carbocycles. The van der Waals surface area contributed by atoms with Gasteiger partial charge in [-0.1, -0.05) is 0 Å². The summed E-state index contributed by atoms with van der Waals surface area (Å²) in [5, 5.41) is 10.1. The van der Waals surface area contributed by atoms with Crippen molar-refractivity contribution in [2.75, 3.05) is 7.11 Å². The van der Waals surface area contributed by atoms with E-state index in [2.05, 4.69) is 52.0 Å². The lowest BCUT2D eigenvalue weighted by Crippen LogP contribution is -1.97. The van der Waals surface area contributed by atoms with Crippen molar-refractivity contribution in [1.82, 2.24) is 0 Å². The summed E-state index contributed by atoms with van der Waals surface area (Å²) in [6, 6.07) is 16.4. The Morgan fingerprint density at radius 2 is 0.730 bits per heavy atom. The molecule has 4 aromatic rings. The molecule has 0 heterocycles. The molecule has 192 valence electrons. The van der Waals surface area contributed by atoms with Crippen LogP contribution >= 0.6 is 0 Å². The Balaban J connectivity index is 1.64. The van der Waals surface area contributed by atoms with Crippen LogP contribution in [0.3, 0.4) is 0 Å². The number of benzene rings is 4. The molecule has 37 heavy (non-hydrogen) atoms. The highest BCUT2D eigenvalue weighted by Gasteiger charge is 2.15. The number of methoxy groups -OCH3 is 1. The van der Waals surface area contributed by atoms with Crippen molar-refractivity contribution in [3.8, 4) is 45.6 Å². The van der Waals surface area contributed by atoms with E-state index in [1.165, 1.54) is 0 Å². The van der Waals surface area contributed by atoms with Crippen LogP contribution in [0.25, 0.3) is 11.1 Å². The van der Waals surface area contributed by atoms with Gasteiger partial charge in [-0.2, -0.15) is 0 Å². The fraction of sp³-hybridized carbons (Fsp3) is 0.273. The van der Waals surface area contributed by atoms with Gasteiger partial charge in [0, 0.05) is 0 Å². The number of hydrogen-bond acceptors (Lipinski definition) is 4. The SMILES string of the molecule is COc1c(C)cc(Oc2c(C)cc(-c3cc(C)c(Oc4cc(C)c(O)c(C)c4)c(C)c3)cc2C)cc1C. The Hall–Kier alpha value is -3.92. The standard InChI is InChI=1S/C33H36O4/c1-18-14-28(15-19(2)30(18)34)36-32-20(3)10-26(11-21(32)4)27-12-22(5)33(23(6)13-27)37-29-16-24(7)31(35-9)25(8)17-29/h10-17,34H,1-9H3. The summed E-state index contributed by atoms with van der Waals surface area (Å²) in [4.78, 5) is 0. The van der Waals surface area contributed by atoms with Crippen LogP contribution in [0, 0.1) is 55.4 Å². The first-order valence-corrected chi connectivity index (χ1v) is 12.5. The highest BCUT2D eigenvalue weighted by molar-refractivity contribution is 5.71. The van der Waals surface area contributed by atoms with Gasteiger partial charge in [0.1, 0.15) is 34.5 Å². The van der Waals surface area contributed by atoms with E-state index in [1.807, 2.05) is 52.0 Å². The largest absolute Gasteiger partial charge is 0.507 e. The Kier molecular flexibility index (Phi) is 7.22. The minimum absolute atomic E-state index is 0.312. The number of aromatic hydroxyl groups is 1. The lowest BCUT2D eigenvalue weighted by molar-refractivity contribution is 0.406. The lowest BCUT2D eigenvalue weighted by Gasteiger charge is -2.18. The predicted octanol–water partition coefficient (Wildman–Crippen LogP) is 9.12. The maximum Gasteiger partial charge on any atom is 0.133 e. The van der Waals surface area contributed by atoms with Crippen molar-refractivity contribution in [2.24, 2.45) is 0 Å². The topological polar surface area (TPSA) is 47.9 Å². The summed E-state index contributed by atoms with van der Waals surface area (Å²) in [7, 11) is 1.69. The lowest BCUT2D eigenvalue weighted by atomic mass is 9.96. The second-order valence-corrected chi connectivity index (χ2v) is 10.1. The Bertz CT molecular complexity index is 1400. The van der Waals surface area contributed by atoms with Gasteiger partial charge < -0.3 is 19.3 Å². The first-order chi connectivity index (χ1) is 17.5. The molecular weight excluding hydrogens is 460 g/mol. The van der Waals surface area contributed by atoms with E-state index in [0.29, 0.717) is 5.75 Å². The van der Waals surface area contributed by atoms with Crippen molar-refractivity contribution in [1.29, 1.82) is 0 Å². The van der Waals surface area contributed by atoms with Crippen molar-refractivity contribution in [2.45, 2.75) is 55.4 Å². The quantitative estimate of drug-likeness (QED) is 0.289. The van der Waals surface area contributed by atoms with Crippen LogP contribution < -0.4 is 14.2 Å². The zero-order chi connectivity index (χ0) is 27.0. The maximum absolute atomic E-state index is 10.1. The molecule has 4 rings (SSSR count). The summed E-state index contributed by atoms with van der Waals surface area (Å²) in [6.45, 7) is 16.1. The molecule has 1 N–H and O–H groups in total. The number of aryl methyl sites for hydroxylation is 8. The van der Waals surface area contributed by atoms with Crippen LogP contribution in [0.15, 0.2) is 48.5 Å². The molecule has 0 saturated carbocycles. The van der Waals surface area contributed by atoms with Crippen LogP contribution in [-0.2, 0) is 0 Å². The van der Waals surface area contributed by atoms with Gasteiger partial charge in [0.15, 0.2) is 0 Å². The van der Waals surface area contributed by atoms with E-state index in [0.717, 1.165) is 84.4 Å². The number of rotatable bonds is 6. The van der Waals surface area contributed by atoms with Gasteiger partial charge in [-0.25, -0.2) is 0 Å². The second kappa shape index (κ2) is 10.2. The smallest absolute Gasteiger partial charge is 0.133 e. The predicted molar refractivity (Wildman–Crippen MR) is 151 cm³/mol. The number of phenolic OH excluding ortho intramolecular Hbond substituents is 1. The monoisotopic (exact) mass is 496 g/mol. The van der Waals surface area contributed by atoms with Crippen molar-refractivity contribution >= 4 is 0 Å². The normalized spacial score (nSPS) is 10.9. The third kappa shape index (κ3) is 5.29. The molecule has 4 heteroatoms. The summed E-state index contributed by atoms with van der Waals surface area (Å²) in [6.07, 6.45) is 0. The highest BCUT2D eigenvalue weighted by Crippen LogP contribution is 2.39. The fourth-order valence-electron chi connectivity index (χ4n) is 5.06. The summed E-state index contributed by atoms with van der Waals surface area (Å²) in [5.74, 6) is 4.45. The first-order valence-electron chi connectivity index (χ1n) is 12.5. The molecule has 0 aliphatic rings. The number of hydrogen-bond donors (Lipinski definition) is 1. The number of phenols is 1. The summed E-state index contributed by atoms with van der Waals surface area (Å²) in [5.41, 5.74) is 10.2. The molecule has 4 nitrogen and oxygen atoms in total. The average Bonchev–Trinajstić information content (AvgIpc) is 2.81. The molecular formula is C33H36O4. The Labute approximate surface area is 220 Å². The van der Waals surface area contributed by atoms with Gasteiger partial charge in [0.25, 0.3) is 0 Å². The van der Waals surface area contributed by atoms with Gasteiger partial charge in [-0.3, -0.25) is 0 Å². The Morgan fingerprint density at radius 1 is 0.432 bits per heavy atom. The van der Waals surface area contributed by atoms with Gasteiger partial charge in [0.05, 0.1) is 7.11 Å². The van der Waals surface area contributed by atoms with Gasteiger partial charge >= 0.3 is 0 Å². The van der Waals surface area contributed by atoms with Crippen LogP contribution in [0.1, 0.15) is 44.5 Å². The van der Waals surface area contributed by atoms with Gasteiger partial charge in [-0.15, -0.1) is 0 Å². The molecule has 0 aliphatic carbocycles. The zero-order valence-corrected chi connectivity index (χ0v) is 23.3. The van der Waals surface area contributed by atoms with Crippen LogP contribution in [0.5, 0.6) is 34.5 Å². The minimum atomic E-state index is 0.312. The van der Waals surface area contributed by atoms with E-state index in [9.17, 15) is 5.11 Å². The minimum Gasteiger partial charge on any atom is -0.507 e. The molecule has 0 bridgehead atoms. The van der Waals surface area contributed by atoms with Gasteiger partial charge in [-0.05, 0) is 160 Å². The van der Waals surface area contributed by atoms with E-state index < -0.39 is 0 Å². The van der Waals surface area contributed by atoms with Crippen molar-refractivity contribution in [3.05, 3.63) is 93.0 Å². The molecule has 0 radical (unpaired) electrons. The fourth-order valence-corrected chi connectivity index (χ4v) is 5.06. The Morgan fingerprint density at radius 3 is 1.05 bits per heavy atom. The molecule has 0 atom stereocenters. The maximum atomic E-state index is 10.1. The average molecular weight is 497 g/mol. The third-order valence-corrected chi connectivity index (χ3v) is 6.80. The van der Waals surface area contributed by atoms with Crippen LogP contribution in [-0.4, -0.2) is 12.2 Å².